The lowest BCUT2D eigenvalue weighted by molar-refractivity contribution is -0.130. The molecule has 1 aliphatic heterocycles. The zero-order valence-corrected chi connectivity index (χ0v) is 8.75. The lowest BCUT2D eigenvalue weighted by Gasteiger charge is -2.06. The van der Waals surface area contributed by atoms with Crippen molar-refractivity contribution in [3.63, 3.8) is 0 Å². The van der Waals surface area contributed by atoms with E-state index < -0.39 is 0 Å². The molecule has 4 heteroatoms. The zero-order valence-electron chi connectivity index (χ0n) is 8.00. The van der Waals surface area contributed by atoms with Gasteiger partial charge in [-0.15, -0.1) is 11.6 Å². The average Bonchev–Trinajstić information content (AvgIpc) is 2.71. The molecule has 0 amide bonds. The van der Waals surface area contributed by atoms with Crippen molar-refractivity contribution >= 4 is 29.4 Å². The van der Waals surface area contributed by atoms with Crippen LogP contribution in [0.4, 0.5) is 5.69 Å². The van der Waals surface area contributed by atoms with Gasteiger partial charge in [-0.3, -0.25) is 9.59 Å². The molecule has 0 saturated heterocycles. The SMILES string of the molecule is O=CC(=O)C1CNc2c(CCl)cccc21. The van der Waals surface area contributed by atoms with Gasteiger partial charge >= 0.3 is 0 Å². The minimum absolute atomic E-state index is 0.347. The second kappa shape index (κ2) is 4.03. The van der Waals surface area contributed by atoms with Crippen LogP contribution in [-0.4, -0.2) is 18.6 Å². The van der Waals surface area contributed by atoms with Crippen LogP contribution in [-0.2, 0) is 15.5 Å². The number of benzene rings is 1. The van der Waals surface area contributed by atoms with Gasteiger partial charge in [0.15, 0.2) is 6.29 Å². The van der Waals surface area contributed by atoms with Crippen LogP contribution in [0.2, 0.25) is 0 Å². The Morgan fingerprint density at radius 2 is 2.40 bits per heavy atom. The van der Waals surface area contributed by atoms with Gasteiger partial charge in [0.05, 0.1) is 5.92 Å². The molecule has 0 bridgehead atoms. The predicted octanol–water partition coefficient (Wildman–Crippen LogP) is 1.70. The number of carbonyl (C=O) groups is 2. The maximum Gasteiger partial charge on any atom is 0.204 e. The van der Waals surface area contributed by atoms with Crippen LogP contribution in [0.1, 0.15) is 17.0 Å². The van der Waals surface area contributed by atoms with Crippen molar-refractivity contribution in [2.45, 2.75) is 11.8 Å². The average molecular weight is 224 g/mol. The number of carbonyl (C=O) groups excluding carboxylic acids is 2. The van der Waals surface area contributed by atoms with E-state index in [1.54, 1.807) is 0 Å². The second-order valence-electron chi connectivity index (χ2n) is 3.47. The summed E-state index contributed by atoms with van der Waals surface area (Å²) in [6, 6.07) is 5.62. The number of aldehydes is 1. The maximum absolute atomic E-state index is 11.3. The summed E-state index contributed by atoms with van der Waals surface area (Å²) in [7, 11) is 0. The van der Waals surface area contributed by atoms with E-state index in [0.717, 1.165) is 16.8 Å². The highest BCUT2D eigenvalue weighted by Gasteiger charge is 2.28. The number of hydrogen-bond acceptors (Lipinski definition) is 3. The van der Waals surface area contributed by atoms with Gasteiger partial charge < -0.3 is 5.32 Å². The number of para-hydroxylation sites is 1. The van der Waals surface area contributed by atoms with Crippen LogP contribution in [0, 0.1) is 0 Å². The lowest BCUT2D eigenvalue weighted by atomic mass is 9.96. The number of Topliss-reactive ketones (excluding diaryl/α,β-unsaturated/α-hetero) is 1. The van der Waals surface area contributed by atoms with Crippen LogP contribution in [0.15, 0.2) is 18.2 Å². The molecule has 0 aliphatic carbocycles. The summed E-state index contributed by atoms with van der Waals surface area (Å²) in [5.74, 6) is -0.327. The van der Waals surface area contributed by atoms with Crippen molar-refractivity contribution < 1.29 is 9.59 Å². The number of halogens is 1. The lowest BCUT2D eigenvalue weighted by Crippen LogP contribution is -2.15. The van der Waals surface area contributed by atoms with Crippen LogP contribution in [0.5, 0.6) is 0 Å². The van der Waals surface area contributed by atoms with Gasteiger partial charge in [-0.1, -0.05) is 18.2 Å². The molecule has 1 atom stereocenters. The molecule has 1 N–H and O–H groups in total. The van der Waals surface area contributed by atoms with E-state index in [-0.39, 0.29) is 11.7 Å². The van der Waals surface area contributed by atoms with E-state index >= 15 is 0 Å². The third kappa shape index (κ3) is 1.63. The van der Waals surface area contributed by atoms with Gasteiger partial charge in [-0.05, 0) is 11.1 Å². The normalized spacial score (nSPS) is 18.1. The number of fused-ring (bicyclic) bond motifs is 1. The summed E-state index contributed by atoms with van der Waals surface area (Å²) < 4.78 is 0. The third-order valence-corrected chi connectivity index (χ3v) is 2.93. The minimum atomic E-state index is -0.382. The Balaban J connectivity index is 2.43. The van der Waals surface area contributed by atoms with Crippen molar-refractivity contribution in [2.24, 2.45) is 0 Å². The fraction of sp³-hybridized carbons (Fsp3) is 0.273. The Kier molecular flexibility index (Phi) is 2.73. The van der Waals surface area contributed by atoms with Crippen LogP contribution >= 0.6 is 11.6 Å². The molecule has 1 heterocycles. The summed E-state index contributed by atoms with van der Waals surface area (Å²) in [5, 5.41) is 3.12. The van der Waals surface area contributed by atoms with Gasteiger partial charge in [0.2, 0.25) is 5.78 Å². The van der Waals surface area contributed by atoms with E-state index in [1.807, 2.05) is 18.2 Å². The largest absolute Gasteiger partial charge is 0.383 e. The Morgan fingerprint density at radius 3 is 3.07 bits per heavy atom. The van der Waals surface area contributed by atoms with E-state index in [2.05, 4.69) is 5.32 Å². The summed E-state index contributed by atoms with van der Waals surface area (Å²) in [6.07, 6.45) is 0.384. The second-order valence-corrected chi connectivity index (χ2v) is 3.74. The molecule has 0 fully saturated rings. The third-order valence-electron chi connectivity index (χ3n) is 2.64. The van der Waals surface area contributed by atoms with Crippen molar-refractivity contribution in [1.29, 1.82) is 0 Å². The summed E-state index contributed by atoms with van der Waals surface area (Å²) in [6.45, 7) is 0.487. The highest BCUT2D eigenvalue weighted by Crippen LogP contribution is 2.35. The molecule has 1 aromatic rings. The summed E-state index contributed by atoms with van der Waals surface area (Å²) >= 11 is 5.78. The van der Waals surface area contributed by atoms with Gasteiger partial charge in [0.25, 0.3) is 0 Å². The van der Waals surface area contributed by atoms with Crippen LogP contribution in [0.3, 0.4) is 0 Å². The Labute approximate surface area is 92.4 Å². The number of alkyl halides is 1. The van der Waals surface area contributed by atoms with E-state index in [9.17, 15) is 9.59 Å². The molecule has 0 saturated carbocycles. The molecule has 0 aromatic heterocycles. The number of rotatable bonds is 3. The molecule has 78 valence electrons. The van der Waals surface area contributed by atoms with Gasteiger partial charge in [0, 0.05) is 18.1 Å². The molecule has 1 aliphatic rings. The van der Waals surface area contributed by atoms with E-state index in [1.165, 1.54) is 0 Å². The Morgan fingerprint density at radius 1 is 1.60 bits per heavy atom. The van der Waals surface area contributed by atoms with Gasteiger partial charge in [-0.25, -0.2) is 0 Å². The van der Waals surface area contributed by atoms with Crippen molar-refractivity contribution in [1.82, 2.24) is 0 Å². The topological polar surface area (TPSA) is 46.2 Å². The first-order chi connectivity index (χ1) is 7.27. The van der Waals surface area contributed by atoms with Gasteiger partial charge in [-0.2, -0.15) is 0 Å². The molecule has 1 aromatic carbocycles. The van der Waals surface area contributed by atoms with Gasteiger partial charge in [0.1, 0.15) is 0 Å². The molecular formula is C11H10ClNO2. The Hall–Kier alpha value is -1.35. The number of anilines is 1. The standard InChI is InChI=1S/C11H10ClNO2/c12-4-7-2-1-3-8-9(10(15)6-14)5-13-11(7)8/h1-3,6,9,13H,4-5H2. The molecule has 2 rings (SSSR count). The highest BCUT2D eigenvalue weighted by atomic mass is 35.5. The quantitative estimate of drug-likeness (QED) is 0.482. The van der Waals surface area contributed by atoms with Crippen molar-refractivity contribution in [2.75, 3.05) is 11.9 Å². The number of hydrogen-bond donors (Lipinski definition) is 1. The fourth-order valence-corrected chi connectivity index (χ4v) is 2.11. The number of nitrogens with one attached hydrogen (secondary N) is 1. The fourth-order valence-electron chi connectivity index (χ4n) is 1.89. The molecule has 15 heavy (non-hydrogen) atoms. The van der Waals surface area contributed by atoms with E-state index in [0.29, 0.717) is 18.7 Å². The van der Waals surface area contributed by atoms with Crippen LogP contribution < -0.4 is 5.32 Å². The first-order valence-electron chi connectivity index (χ1n) is 4.68. The molecule has 3 nitrogen and oxygen atoms in total. The monoisotopic (exact) mass is 223 g/mol. The molecular weight excluding hydrogens is 214 g/mol. The minimum Gasteiger partial charge on any atom is -0.383 e. The first kappa shape index (κ1) is 10.2. The predicted molar refractivity (Wildman–Crippen MR) is 58.3 cm³/mol. The molecule has 0 spiro atoms. The Bertz CT molecular complexity index is 417. The van der Waals surface area contributed by atoms with E-state index in [4.69, 9.17) is 11.6 Å². The first-order valence-corrected chi connectivity index (χ1v) is 5.22. The molecule has 1 unspecified atom stereocenters. The summed E-state index contributed by atoms with van der Waals surface area (Å²) in [4.78, 5) is 21.8. The van der Waals surface area contributed by atoms with Crippen molar-refractivity contribution in [3.8, 4) is 0 Å². The zero-order chi connectivity index (χ0) is 10.8. The number of ketones is 1. The maximum atomic E-state index is 11.3. The van der Waals surface area contributed by atoms with Crippen molar-refractivity contribution in [3.05, 3.63) is 29.3 Å². The highest BCUT2D eigenvalue weighted by molar-refractivity contribution is 6.28. The smallest absolute Gasteiger partial charge is 0.204 e. The van der Waals surface area contributed by atoms with Crippen LogP contribution in [0.25, 0.3) is 0 Å². The molecule has 0 radical (unpaired) electrons. The summed E-state index contributed by atoms with van der Waals surface area (Å²) in [5.41, 5.74) is 2.76.